The minimum absolute atomic E-state index is 0.189. The van der Waals surface area contributed by atoms with Gasteiger partial charge in [0, 0.05) is 27.4 Å². The van der Waals surface area contributed by atoms with Gasteiger partial charge in [-0.25, -0.2) is 0 Å². The van der Waals surface area contributed by atoms with E-state index >= 15 is 0 Å². The smallest absolute Gasteiger partial charge is 0.287 e. The van der Waals surface area contributed by atoms with Crippen LogP contribution in [0.2, 0.25) is 10.0 Å². The molecule has 1 amide bonds. The second-order valence-electron chi connectivity index (χ2n) is 5.90. The lowest BCUT2D eigenvalue weighted by atomic mass is 10.2. The molecule has 0 radical (unpaired) electrons. The highest BCUT2D eigenvalue weighted by Crippen LogP contribution is 2.19. The van der Waals surface area contributed by atoms with E-state index in [-0.39, 0.29) is 17.4 Å². The average Bonchev–Trinajstić information content (AvgIpc) is 3.11. The van der Waals surface area contributed by atoms with Gasteiger partial charge in [-0.2, -0.15) is 0 Å². The number of halogens is 2. The topological polar surface area (TPSA) is 59.3 Å². The van der Waals surface area contributed by atoms with Crippen LogP contribution in [0.1, 0.15) is 27.4 Å². The zero-order chi connectivity index (χ0) is 19.2. The third-order valence-electron chi connectivity index (χ3n) is 3.83. The molecule has 0 aliphatic heterocycles. The minimum Gasteiger partial charge on any atom is -0.455 e. The number of rotatable bonds is 7. The highest BCUT2D eigenvalue weighted by molar-refractivity contribution is 7.83. The molecule has 1 N–H and O–H groups in total. The largest absolute Gasteiger partial charge is 0.455 e. The monoisotopic (exact) mass is 421 g/mol. The summed E-state index contributed by atoms with van der Waals surface area (Å²) in [7, 11) is -1.19. The SMILES string of the molecule is O=C(NCc1ccc(Cl)cc1)c1ccc(CS(=O)Cc2ccccc2Cl)o1. The van der Waals surface area contributed by atoms with E-state index in [0.29, 0.717) is 28.1 Å². The summed E-state index contributed by atoms with van der Waals surface area (Å²) in [6.45, 7) is 0.366. The zero-order valence-corrected chi connectivity index (χ0v) is 16.6. The van der Waals surface area contributed by atoms with Crippen molar-refractivity contribution in [2.45, 2.75) is 18.1 Å². The summed E-state index contributed by atoms with van der Waals surface area (Å²) in [5.74, 6) is 0.910. The van der Waals surface area contributed by atoms with Crippen molar-refractivity contribution in [3.05, 3.63) is 93.4 Å². The molecule has 0 fully saturated rings. The van der Waals surface area contributed by atoms with Crippen LogP contribution < -0.4 is 5.32 Å². The molecule has 3 aromatic rings. The van der Waals surface area contributed by atoms with E-state index in [1.165, 1.54) is 0 Å². The van der Waals surface area contributed by atoms with Crippen LogP contribution in [-0.4, -0.2) is 10.1 Å². The minimum atomic E-state index is -1.19. The van der Waals surface area contributed by atoms with Crippen molar-refractivity contribution >= 4 is 39.9 Å². The molecule has 4 nitrogen and oxygen atoms in total. The van der Waals surface area contributed by atoms with Crippen molar-refractivity contribution < 1.29 is 13.4 Å². The van der Waals surface area contributed by atoms with Crippen LogP contribution in [0.3, 0.4) is 0 Å². The van der Waals surface area contributed by atoms with Crippen molar-refractivity contribution in [1.29, 1.82) is 0 Å². The summed E-state index contributed by atoms with van der Waals surface area (Å²) < 4.78 is 17.9. The van der Waals surface area contributed by atoms with Gasteiger partial charge in [-0.3, -0.25) is 9.00 Å². The van der Waals surface area contributed by atoms with Crippen LogP contribution >= 0.6 is 23.2 Å². The van der Waals surface area contributed by atoms with Gasteiger partial charge in [0.2, 0.25) is 0 Å². The fourth-order valence-corrected chi connectivity index (χ4v) is 4.03. The van der Waals surface area contributed by atoms with Crippen LogP contribution in [-0.2, 0) is 28.9 Å². The number of furan rings is 1. The molecule has 7 heteroatoms. The van der Waals surface area contributed by atoms with Gasteiger partial charge in [-0.1, -0.05) is 53.5 Å². The molecule has 140 valence electrons. The Morgan fingerprint density at radius 1 is 0.963 bits per heavy atom. The van der Waals surface area contributed by atoms with E-state index in [1.807, 2.05) is 30.3 Å². The number of carbonyl (C=O) groups is 1. The highest BCUT2D eigenvalue weighted by atomic mass is 35.5. The first-order valence-electron chi connectivity index (χ1n) is 8.21. The molecular formula is C20H17Cl2NO3S. The van der Waals surface area contributed by atoms with Crippen LogP contribution in [0.5, 0.6) is 0 Å². The molecular weight excluding hydrogens is 405 g/mol. The van der Waals surface area contributed by atoms with Crippen LogP contribution in [0, 0.1) is 0 Å². The van der Waals surface area contributed by atoms with Gasteiger partial charge in [-0.05, 0) is 41.5 Å². The maximum absolute atomic E-state index is 12.3. The quantitative estimate of drug-likeness (QED) is 0.585. The number of benzene rings is 2. The second kappa shape index (κ2) is 9.22. The Morgan fingerprint density at radius 3 is 2.44 bits per heavy atom. The molecule has 1 atom stereocenters. The highest BCUT2D eigenvalue weighted by Gasteiger charge is 2.13. The second-order valence-corrected chi connectivity index (χ2v) is 8.20. The summed E-state index contributed by atoms with van der Waals surface area (Å²) in [5.41, 5.74) is 1.75. The van der Waals surface area contributed by atoms with E-state index in [9.17, 15) is 9.00 Å². The van der Waals surface area contributed by atoms with Gasteiger partial charge in [0.05, 0.1) is 11.5 Å². The van der Waals surface area contributed by atoms with Gasteiger partial charge >= 0.3 is 0 Å². The van der Waals surface area contributed by atoms with Crippen molar-refractivity contribution in [1.82, 2.24) is 5.32 Å². The fourth-order valence-electron chi connectivity index (χ4n) is 2.45. The van der Waals surface area contributed by atoms with Crippen molar-refractivity contribution in [2.24, 2.45) is 0 Å². The average molecular weight is 422 g/mol. The Bertz CT molecular complexity index is 954. The maximum Gasteiger partial charge on any atom is 0.287 e. The summed E-state index contributed by atoms with van der Waals surface area (Å²) >= 11 is 11.9. The summed E-state index contributed by atoms with van der Waals surface area (Å²) in [5, 5.41) is 4.01. The van der Waals surface area contributed by atoms with Crippen LogP contribution in [0.4, 0.5) is 0 Å². The molecule has 0 spiro atoms. The first kappa shape index (κ1) is 19.7. The molecule has 3 rings (SSSR count). The third kappa shape index (κ3) is 5.70. The van der Waals surface area contributed by atoms with Gasteiger partial charge in [0.15, 0.2) is 5.76 Å². The normalized spacial score (nSPS) is 11.9. The molecule has 0 saturated carbocycles. The molecule has 1 heterocycles. The number of carbonyl (C=O) groups excluding carboxylic acids is 1. The number of hydrogen-bond acceptors (Lipinski definition) is 3. The Hall–Kier alpha value is -2.08. The van der Waals surface area contributed by atoms with Gasteiger partial charge in [-0.15, -0.1) is 0 Å². The first-order valence-corrected chi connectivity index (χ1v) is 10.5. The summed E-state index contributed by atoms with van der Waals surface area (Å²) in [6.07, 6.45) is 0. The van der Waals surface area contributed by atoms with Gasteiger partial charge < -0.3 is 9.73 Å². The van der Waals surface area contributed by atoms with Gasteiger partial charge in [0.25, 0.3) is 5.91 Å². The predicted molar refractivity (Wildman–Crippen MR) is 108 cm³/mol. The van der Waals surface area contributed by atoms with Crippen molar-refractivity contribution in [3.8, 4) is 0 Å². The van der Waals surface area contributed by atoms with E-state index < -0.39 is 10.8 Å². The van der Waals surface area contributed by atoms with E-state index in [0.717, 1.165) is 11.1 Å². The standard InChI is InChI=1S/C20H17Cl2NO3S/c21-16-7-5-14(6-8-16)11-23-20(24)19-10-9-17(26-19)13-27(25)12-15-3-1-2-4-18(15)22/h1-10H,11-13H2,(H,23,24). The summed E-state index contributed by atoms with van der Waals surface area (Å²) in [6, 6.07) is 17.8. The molecule has 1 aromatic heterocycles. The number of amides is 1. The lowest BCUT2D eigenvalue weighted by molar-refractivity contribution is 0.0921. The number of hydrogen-bond donors (Lipinski definition) is 1. The van der Waals surface area contributed by atoms with E-state index in [2.05, 4.69) is 5.32 Å². The Balaban J connectivity index is 1.54. The third-order valence-corrected chi connectivity index (χ3v) is 5.69. The summed E-state index contributed by atoms with van der Waals surface area (Å²) in [4.78, 5) is 12.2. The van der Waals surface area contributed by atoms with Crippen molar-refractivity contribution in [3.63, 3.8) is 0 Å². The lowest BCUT2D eigenvalue weighted by Gasteiger charge is -2.04. The van der Waals surface area contributed by atoms with Crippen LogP contribution in [0.25, 0.3) is 0 Å². The molecule has 2 aromatic carbocycles. The Morgan fingerprint density at radius 2 is 1.70 bits per heavy atom. The molecule has 1 unspecified atom stereocenters. The predicted octanol–water partition coefficient (Wildman–Crippen LogP) is 4.97. The maximum atomic E-state index is 12.3. The molecule has 0 bridgehead atoms. The molecule has 0 saturated heterocycles. The number of nitrogens with one attached hydrogen (secondary N) is 1. The Kier molecular flexibility index (Phi) is 6.72. The van der Waals surface area contributed by atoms with Gasteiger partial charge in [0.1, 0.15) is 5.76 Å². The fraction of sp³-hybridized carbons (Fsp3) is 0.150. The molecule has 0 aliphatic carbocycles. The lowest BCUT2D eigenvalue weighted by Crippen LogP contribution is -2.22. The van der Waals surface area contributed by atoms with E-state index in [1.54, 1.807) is 30.3 Å². The molecule has 0 aliphatic rings. The van der Waals surface area contributed by atoms with E-state index in [4.69, 9.17) is 27.6 Å². The zero-order valence-electron chi connectivity index (χ0n) is 14.3. The molecule has 27 heavy (non-hydrogen) atoms. The van der Waals surface area contributed by atoms with Crippen molar-refractivity contribution in [2.75, 3.05) is 0 Å². The van der Waals surface area contributed by atoms with Crippen LogP contribution in [0.15, 0.2) is 65.1 Å². The Labute approximate surface area is 169 Å². The first-order chi connectivity index (χ1) is 13.0.